The Morgan fingerprint density at radius 1 is 1.23 bits per heavy atom. The number of ether oxygens (including phenoxy) is 1. The summed E-state index contributed by atoms with van der Waals surface area (Å²) < 4.78 is 11.2. The average molecular weight is 308 g/mol. The molecule has 22 heavy (non-hydrogen) atoms. The molecule has 1 aromatic rings. The molecule has 0 N–H and O–H groups in total. The van der Waals surface area contributed by atoms with E-state index in [9.17, 15) is 0 Å². The zero-order chi connectivity index (χ0) is 15.4. The van der Waals surface area contributed by atoms with Crippen molar-refractivity contribution in [1.82, 2.24) is 19.9 Å². The van der Waals surface area contributed by atoms with E-state index in [1.807, 2.05) is 6.92 Å². The Morgan fingerprint density at radius 2 is 2.05 bits per heavy atom. The molecular formula is C16H28N4O2. The van der Waals surface area contributed by atoms with Crippen LogP contribution in [0.5, 0.6) is 0 Å². The summed E-state index contributed by atoms with van der Waals surface area (Å²) in [5, 5.41) is 4.00. The summed E-state index contributed by atoms with van der Waals surface area (Å²) in [6.07, 6.45) is 5.04. The van der Waals surface area contributed by atoms with Gasteiger partial charge in [0.25, 0.3) is 0 Å². The Kier molecular flexibility index (Phi) is 5.44. The lowest BCUT2D eigenvalue weighted by Crippen LogP contribution is -2.49. The van der Waals surface area contributed by atoms with Crippen LogP contribution < -0.4 is 0 Å². The smallest absolute Gasteiger partial charge is 0.243 e. The third-order valence-corrected chi connectivity index (χ3v) is 4.85. The largest absolute Gasteiger partial charge is 0.377 e. The van der Waals surface area contributed by atoms with Gasteiger partial charge in [0, 0.05) is 45.8 Å². The number of aryl methyl sites for hydroxylation is 1. The highest BCUT2D eigenvalue weighted by atomic mass is 16.5. The van der Waals surface area contributed by atoms with Gasteiger partial charge in [-0.25, -0.2) is 0 Å². The first-order valence-electron chi connectivity index (χ1n) is 8.66. The van der Waals surface area contributed by atoms with Crippen LogP contribution in [0.25, 0.3) is 0 Å². The number of hydrogen-bond acceptors (Lipinski definition) is 6. The van der Waals surface area contributed by atoms with Gasteiger partial charge < -0.3 is 9.26 Å². The first-order valence-corrected chi connectivity index (χ1v) is 8.66. The predicted molar refractivity (Wildman–Crippen MR) is 83.7 cm³/mol. The van der Waals surface area contributed by atoms with Crippen molar-refractivity contribution in [2.45, 2.75) is 51.7 Å². The summed E-state index contributed by atoms with van der Waals surface area (Å²) in [7, 11) is 0. The van der Waals surface area contributed by atoms with E-state index >= 15 is 0 Å². The standard InChI is InChI=1S/C16H28N4O2/c1-3-15-17-16(22-18-15)13(2)20-9-7-19(8-10-20)12-14-6-4-5-11-21-14/h13-14H,3-12H2,1-2H3. The van der Waals surface area contributed by atoms with Crippen LogP contribution in [-0.4, -0.2) is 65.4 Å². The molecule has 3 rings (SSSR count). The zero-order valence-corrected chi connectivity index (χ0v) is 13.8. The molecule has 2 saturated heterocycles. The van der Waals surface area contributed by atoms with E-state index in [0.29, 0.717) is 6.10 Å². The molecule has 3 heterocycles. The second-order valence-electron chi connectivity index (χ2n) is 6.40. The maximum absolute atomic E-state index is 5.85. The van der Waals surface area contributed by atoms with Gasteiger partial charge in [0.1, 0.15) is 0 Å². The Hall–Kier alpha value is -0.980. The van der Waals surface area contributed by atoms with E-state index in [1.165, 1.54) is 19.3 Å². The second-order valence-corrected chi connectivity index (χ2v) is 6.40. The van der Waals surface area contributed by atoms with Gasteiger partial charge in [0.2, 0.25) is 5.89 Å². The summed E-state index contributed by atoms with van der Waals surface area (Å²) in [5.41, 5.74) is 0. The highest BCUT2D eigenvalue weighted by molar-refractivity contribution is 4.93. The molecule has 0 aliphatic carbocycles. The van der Waals surface area contributed by atoms with Crippen molar-refractivity contribution in [2.24, 2.45) is 0 Å². The highest BCUT2D eigenvalue weighted by Gasteiger charge is 2.27. The second kappa shape index (κ2) is 7.53. The third kappa shape index (κ3) is 3.86. The monoisotopic (exact) mass is 308 g/mol. The number of rotatable bonds is 5. The van der Waals surface area contributed by atoms with Crippen LogP contribution in [0.4, 0.5) is 0 Å². The first-order chi connectivity index (χ1) is 10.8. The molecule has 2 aliphatic heterocycles. The molecule has 2 fully saturated rings. The fraction of sp³-hybridized carbons (Fsp3) is 0.875. The Bertz CT molecular complexity index is 451. The number of piperazine rings is 1. The van der Waals surface area contributed by atoms with Gasteiger partial charge in [-0.2, -0.15) is 4.98 Å². The molecule has 2 unspecified atom stereocenters. The Balaban J connectivity index is 1.46. The summed E-state index contributed by atoms with van der Waals surface area (Å²) in [4.78, 5) is 9.43. The van der Waals surface area contributed by atoms with Crippen LogP contribution in [0.3, 0.4) is 0 Å². The van der Waals surface area contributed by atoms with Crippen molar-refractivity contribution in [3.05, 3.63) is 11.7 Å². The quantitative estimate of drug-likeness (QED) is 0.828. The normalized spacial score (nSPS) is 26.2. The lowest BCUT2D eigenvalue weighted by atomic mass is 10.1. The molecule has 0 saturated carbocycles. The van der Waals surface area contributed by atoms with Gasteiger partial charge in [0.15, 0.2) is 5.82 Å². The Labute approximate surface area is 132 Å². The molecule has 1 aromatic heterocycles. The molecule has 0 aromatic carbocycles. The van der Waals surface area contributed by atoms with Crippen molar-refractivity contribution < 1.29 is 9.26 Å². The lowest BCUT2D eigenvalue weighted by molar-refractivity contribution is -0.0175. The summed E-state index contributed by atoms with van der Waals surface area (Å²) in [6, 6.07) is 0.209. The maximum atomic E-state index is 5.85. The fourth-order valence-corrected chi connectivity index (χ4v) is 3.31. The number of hydrogen-bond donors (Lipinski definition) is 0. The average Bonchev–Trinajstić information content (AvgIpc) is 3.05. The molecule has 0 radical (unpaired) electrons. The van der Waals surface area contributed by atoms with E-state index in [4.69, 9.17) is 9.26 Å². The van der Waals surface area contributed by atoms with Crippen molar-refractivity contribution in [1.29, 1.82) is 0 Å². The minimum Gasteiger partial charge on any atom is -0.377 e. The van der Waals surface area contributed by atoms with Gasteiger partial charge in [0.05, 0.1) is 12.1 Å². The molecule has 0 amide bonds. The molecule has 124 valence electrons. The molecule has 0 spiro atoms. The molecule has 2 atom stereocenters. The van der Waals surface area contributed by atoms with Crippen molar-refractivity contribution in [3.63, 3.8) is 0 Å². The minimum atomic E-state index is 0.209. The highest BCUT2D eigenvalue weighted by Crippen LogP contribution is 2.21. The maximum Gasteiger partial charge on any atom is 0.243 e. The number of aromatic nitrogens is 2. The first kappa shape index (κ1) is 15.9. The van der Waals surface area contributed by atoms with Crippen LogP contribution >= 0.6 is 0 Å². The van der Waals surface area contributed by atoms with Gasteiger partial charge in [-0.15, -0.1) is 0 Å². The molecular weight excluding hydrogens is 280 g/mol. The van der Waals surface area contributed by atoms with E-state index in [-0.39, 0.29) is 6.04 Å². The molecule has 2 aliphatic rings. The van der Waals surface area contributed by atoms with Crippen LogP contribution in [0.15, 0.2) is 4.52 Å². The van der Waals surface area contributed by atoms with Crippen molar-refractivity contribution in [2.75, 3.05) is 39.3 Å². The lowest BCUT2D eigenvalue weighted by Gasteiger charge is -2.38. The minimum absolute atomic E-state index is 0.209. The topological polar surface area (TPSA) is 54.6 Å². The number of nitrogens with zero attached hydrogens (tertiary/aromatic N) is 4. The zero-order valence-electron chi connectivity index (χ0n) is 13.8. The SMILES string of the molecule is CCc1noc(C(C)N2CCN(CC3CCCCO3)CC2)n1. The third-order valence-electron chi connectivity index (χ3n) is 4.85. The van der Waals surface area contributed by atoms with Crippen LogP contribution in [0, 0.1) is 0 Å². The molecule has 6 heteroatoms. The van der Waals surface area contributed by atoms with E-state index in [1.54, 1.807) is 0 Å². The summed E-state index contributed by atoms with van der Waals surface area (Å²) in [5.74, 6) is 1.55. The van der Waals surface area contributed by atoms with Crippen molar-refractivity contribution >= 4 is 0 Å². The van der Waals surface area contributed by atoms with Gasteiger partial charge >= 0.3 is 0 Å². The summed E-state index contributed by atoms with van der Waals surface area (Å²) in [6.45, 7) is 10.5. The predicted octanol–water partition coefficient (Wildman–Crippen LogP) is 1.88. The molecule has 6 nitrogen and oxygen atoms in total. The molecule has 0 bridgehead atoms. The Morgan fingerprint density at radius 3 is 2.68 bits per heavy atom. The van der Waals surface area contributed by atoms with E-state index in [0.717, 1.165) is 57.5 Å². The van der Waals surface area contributed by atoms with Crippen LogP contribution in [0.2, 0.25) is 0 Å². The van der Waals surface area contributed by atoms with Gasteiger partial charge in [-0.05, 0) is 26.2 Å². The van der Waals surface area contributed by atoms with E-state index in [2.05, 4.69) is 26.9 Å². The summed E-state index contributed by atoms with van der Waals surface area (Å²) >= 11 is 0. The van der Waals surface area contributed by atoms with Crippen molar-refractivity contribution in [3.8, 4) is 0 Å². The fourth-order valence-electron chi connectivity index (χ4n) is 3.31. The van der Waals surface area contributed by atoms with Crippen LogP contribution in [0.1, 0.15) is 50.9 Å². The van der Waals surface area contributed by atoms with Gasteiger partial charge in [-0.3, -0.25) is 9.80 Å². The van der Waals surface area contributed by atoms with Crippen LogP contribution in [-0.2, 0) is 11.2 Å². The van der Waals surface area contributed by atoms with Gasteiger partial charge in [-0.1, -0.05) is 12.1 Å². The van der Waals surface area contributed by atoms with E-state index < -0.39 is 0 Å².